The topological polar surface area (TPSA) is 178 Å². The predicted octanol–water partition coefficient (Wildman–Crippen LogP) is 2.28. The van der Waals surface area contributed by atoms with Crippen molar-refractivity contribution >= 4 is 35.2 Å². The Bertz CT molecular complexity index is 923. The van der Waals surface area contributed by atoms with E-state index in [0.29, 0.717) is 24.9 Å². The van der Waals surface area contributed by atoms with Crippen LogP contribution in [0.5, 0.6) is 0 Å². The average Bonchev–Trinajstić information content (AvgIpc) is 2.83. The van der Waals surface area contributed by atoms with E-state index in [4.69, 9.17) is 22.9 Å². The number of nitrogens with one attached hydrogen (secondary N) is 2. The molecular weight excluding hydrogens is 428 g/mol. The number of benzene rings is 2. The van der Waals surface area contributed by atoms with Crippen LogP contribution < -0.4 is 33.6 Å². The summed E-state index contributed by atoms with van der Waals surface area (Å²) in [6, 6.07) is 19.1. The maximum Gasteiger partial charge on any atom is 0.218 e. The SMILES string of the molecule is NC(=NCC1CCC(CN=C(N)/N=C(\N)Nc2ccccc2)CC1)/N=C(\N)Nc1ccccc1. The van der Waals surface area contributed by atoms with Crippen LogP contribution >= 0.6 is 0 Å². The van der Waals surface area contributed by atoms with Gasteiger partial charge in [0.1, 0.15) is 0 Å². The van der Waals surface area contributed by atoms with Crippen LogP contribution in [-0.2, 0) is 0 Å². The Kier molecular flexibility index (Phi) is 9.27. The fraction of sp³-hybridized carbons (Fsp3) is 0.333. The van der Waals surface area contributed by atoms with E-state index in [2.05, 4.69) is 30.6 Å². The van der Waals surface area contributed by atoms with Crippen molar-refractivity contribution in [2.45, 2.75) is 25.7 Å². The fourth-order valence-corrected chi connectivity index (χ4v) is 3.75. The number of hydrogen-bond donors (Lipinski definition) is 6. The molecule has 0 aliphatic heterocycles. The van der Waals surface area contributed by atoms with Crippen molar-refractivity contribution in [1.29, 1.82) is 0 Å². The Morgan fingerprint density at radius 2 is 0.971 bits per heavy atom. The number of nitrogens with two attached hydrogens (primary N) is 4. The number of para-hydroxylation sites is 2. The summed E-state index contributed by atoms with van der Waals surface area (Å²) in [7, 11) is 0. The van der Waals surface area contributed by atoms with Gasteiger partial charge in [0.25, 0.3) is 0 Å². The molecule has 0 bridgehead atoms. The number of rotatable bonds is 6. The monoisotopic (exact) mass is 462 g/mol. The Labute approximate surface area is 200 Å². The third-order valence-corrected chi connectivity index (χ3v) is 5.55. The molecule has 10 nitrogen and oxygen atoms in total. The molecule has 3 rings (SSSR count). The zero-order chi connectivity index (χ0) is 24.2. The van der Waals surface area contributed by atoms with Crippen LogP contribution in [0.25, 0.3) is 0 Å². The van der Waals surface area contributed by atoms with Crippen LogP contribution in [0.1, 0.15) is 25.7 Å². The quantitative estimate of drug-likeness (QED) is 0.283. The third-order valence-electron chi connectivity index (χ3n) is 5.55. The van der Waals surface area contributed by atoms with Crippen molar-refractivity contribution in [3.63, 3.8) is 0 Å². The van der Waals surface area contributed by atoms with Crippen molar-refractivity contribution < 1.29 is 0 Å². The minimum absolute atomic E-state index is 0.181. The lowest BCUT2D eigenvalue weighted by Crippen LogP contribution is -2.27. The second kappa shape index (κ2) is 12.8. The zero-order valence-electron chi connectivity index (χ0n) is 19.3. The highest BCUT2D eigenvalue weighted by Gasteiger charge is 2.20. The van der Waals surface area contributed by atoms with Crippen LogP contribution in [0.4, 0.5) is 11.4 Å². The lowest BCUT2D eigenvalue weighted by Gasteiger charge is -2.26. The molecule has 180 valence electrons. The van der Waals surface area contributed by atoms with E-state index in [0.717, 1.165) is 37.1 Å². The van der Waals surface area contributed by atoms with Crippen LogP contribution in [0.3, 0.4) is 0 Å². The van der Waals surface area contributed by atoms with Gasteiger partial charge in [-0.3, -0.25) is 9.98 Å². The first kappa shape index (κ1) is 24.6. The molecule has 1 fully saturated rings. The molecule has 0 aromatic heterocycles. The van der Waals surface area contributed by atoms with E-state index in [-0.39, 0.29) is 23.8 Å². The third kappa shape index (κ3) is 8.81. The highest BCUT2D eigenvalue weighted by Crippen LogP contribution is 2.29. The van der Waals surface area contributed by atoms with Gasteiger partial charge in [0, 0.05) is 24.5 Å². The zero-order valence-corrected chi connectivity index (χ0v) is 19.3. The van der Waals surface area contributed by atoms with E-state index in [1.54, 1.807) is 0 Å². The number of nitrogens with zero attached hydrogens (tertiary/aromatic N) is 4. The van der Waals surface area contributed by atoms with Gasteiger partial charge in [-0.1, -0.05) is 36.4 Å². The number of hydrogen-bond acceptors (Lipinski definition) is 2. The average molecular weight is 463 g/mol. The van der Waals surface area contributed by atoms with Crippen molar-refractivity contribution in [1.82, 2.24) is 0 Å². The summed E-state index contributed by atoms with van der Waals surface area (Å²) in [5.41, 5.74) is 25.3. The fourth-order valence-electron chi connectivity index (χ4n) is 3.75. The minimum Gasteiger partial charge on any atom is -0.369 e. The summed E-state index contributed by atoms with van der Waals surface area (Å²) in [6.45, 7) is 1.27. The van der Waals surface area contributed by atoms with Gasteiger partial charge in [0.05, 0.1) is 0 Å². The van der Waals surface area contributed by atoms with Gasteiger partial charge >= 0.3 is 0 Å². The molecule has 0 heterocycles. The second-order valence-electron chi connectivity index (χ2n) is 8.26. The summed E-state index contributed by atoms with van der Waals surface area (Å²) in [5.74, 6) is 1.74. The van der Waals surface area contributed by atoms with Crippen LogP contribution in [0.2, 0.25) is 0 Å². The summed E-state index contributed by atoms with van der Waals surface area (Å²) in [6.07, 6.45) is 4.22. The molecule has 1 aliphatic carbocycles. The van der Waals surface area contributed by atoms with Gasteiger partial charge in [-0.2, -0.15) is 9.98 Å². The standard InChI is InChI=1S/C24H34N10/c25-21(33-23(27)31-19-7-3-1-4-8-19)29-15-17-11-13-18(14-12-17)16-30-22(26)34-24(28)32-20-9-5-2-6-10-20/h1-10,17-18H,11-16H2,(H5,25,27,29,31,33)(H5,26,28,30,32,34). The van der Waals surface area contributed by atoms with Crippen LogP contribution in [0.15, 0.2) is 80.6 Å². The first-order valence-electron chi connectivity index (χ1n) is 11.4. The summed E-state index contributed by atoms with van der Waals surface area (Å²) in [5, 5.41) is 5.97. The predicted molar refractivity (Wildman–Crippen MR) is 142 cm³/mol. The van der Waals surface area contributed by atoms with Gasteiger partial charge in [-0.25, -0.2) is 0 Å². The van der Waals surface area contributed by atoms with Gasteiger partial charge in [-0.05, 0) is 61.8 Å². The van der Waals surface area contributed by atoms with Gasteiger partial charge in [0.2, 0.25) is 23.8 Å². The number of guanidine groups is 4. The lowest BCUT2D eigenvalue weighted by molar-refractivity contribution is 0.286. The first-order valence-corrected chi connectivity index (χ1v) is 11.4. The number of anilines is 2. The molecule has 1 saturated carbocycles. The van der Waals surface area contributed by atoms with E-state index < -0.39 is 0 Å². The molecular formula is C24H34N10. The second-order valence-corrected chi connectivity index (χ2v) is 8.26. The maximum atomic E-state index is 5.93. The van der Waals surface area contributed by atoms with Crippen molar-refractivity contribution in [3.05, 3.63) is 60.7 Å². The Hall–Kier alpha value is -4.08. The smallest absolute Gasteiger partial charge is 0.218 e. The molecule has 0 saturated heterocycles. The van der Waals surface area contributed by atoms with Crippen molar-refractivity contribution in [2.24, 2.45) is 54.7 Å². The molecule has 34 heavy (non-hydrogen) atoms. The highest BCUT2D eigenvalue weighted by molar-refractivity contribution is 6.01. The van der Waals surface area contributed by atoms with Crippen molar-refractivity contribution in [3.8, 4) is 0 Å². The first-order chi connectivity index (χ1) is 16.5. The van der Waals surface area contributed by atoms with E-state index in [1.165, 1.54) is 0 Å². The molecule has 0 amide bonds. The maximum absolute atomic E-state index is 5.93. The van der Waals surface area contributed by atoms with Crippen molar-refractivity contribution in [2.75, 3.05) is 23.7 Å². The van der Waals surface area contributed by atoms with Crippen LogP contribution in [0, 0.1) is 11.8 Å². The Morgan fingerprint density at radius 1 is 0.618 bits per heavy atom. The summed E-state index contributed by atoms with van der Waals surface area (Å²) >= 11 is 0. The lowest BCUT2D eigenvalue weighted by atomic mass is 9.82. The molecule has 0 radical (unpaired) electrons. The largest absolute Gasteiger partial charge is 0.369 e. The summed E-state index contributed by atoms with van der Waals surface area (Å²) in [4.78, 5) is 17.0. The minimum atomic E-state index is 0.181. The van der Waals surface area contributed by atoms with E-state index in [9.17, 15) is 0 Å². The Morgan fingerprint density at radius 3 is 1.32 bits per heavy atom. The number of aliphatic imine (C=N–C) groups is 4. The van der Waals surface area contributed by atoms with E-state index >= 15 is 0 Å². The van der Waals surface area contributed by atoms with Crippen LogP contribution in [-0.4, -0.2) is 36.9 Å². The molecule has 0 atom stereocenters. The highest BCUT2D eigenvalue weighted by atomic mass is 15.2. The van der Waals surface area contributed by atoms with Gasteiger partial charge < -0.3 is 33.6 Å². The van der Waals surface area contributed by atoms with Gasteiger partial charge in [0.15, 0.2) is 0 Å². The summed E-state index contributed by atoms with van der Waals surface area (Å²) < 4.78 is 0. The molecule has 2 aromatic carbocycles. The van der Waals surface area contributed by atoms with E-state index in [1.807, 2.05) is 60.7 Å². The molecule has 0 spiro atoms. The Balaban J connectivity index is 1.39. The normalized spacial score (nSPS) is 20.1. The van der Waals surface area contributed by atoms with Gasteiger partial charge in [-0.15, -0.1) is 0 Å². The molecule has 2 aromatic rings. The molecule has 10 heteroatoms. The molecule has 10 N–H and O–H groups in total. The molecule has 1 aliphatic rings. The molecule has 0 unspecified atom stereocenters.